The molecule has 190 valence electrons. The topological polar surface area (TPSA) is 66.5 Å². The molecule has 1 amide bonds. The summed E-state index contributed by atoms with van der Waals surface area (Å²) in [6, 6.07) is 29.5. The maximum atomic E-state index is 14.7. The van der Waals surface area contributed by atoms with E-state index in [0.717, 1.165) is 11.3 Å². The molecule has 0 saturated carbocycles. The van der Waals surface area contributed by atoms with Gasteiger partial charge >= 0.3 is 0 Å². The summed E-state index contributed by atoms with van der Waals surface area (Å²) in [5.74, 6) is -1.89. The fraction of sp³-hybridized carbons (Fsp3) is 0.121. The van der Waals surface area contributed by atoms with Crippen LogP contribution in [0.1, 0.15) is 31.8 Å². The number of carbonyl (C=O) groups is 3. The lowest BCUT2D eigenvalue weighted by molar-refractivity contribution is -0.121. The second-order valence-corrected chi connectivity index (χ2v) is 10.5. The fourth-order valence-corrected chi connectivity index (χ4v) is 6.95. The number of fused-ring (bicyclic) bond motifs is 6. The molecule has 3 aliphatic rings. The zero-order valence-corrected chi connectivity index (χ0v) is 21.5. The van der Waals surface area contributed by atoms with Crippen LogP contribution in [0.4, 0.5) is 11.4 Å². The van der Waals surface area contributed by atoms with E-state index >= 15 is 0 Å². The van der Waals surface area contributed by atoms with Crippen molar-refractivity contribution in [3.63, 3.8) is 0 Å². The molecule has 4 atom stereocenters. The van der Waals surface area contributed by atoms with Gasteiger partial charge in [0.25, 0.3) is 0 Å². The number of Topliss-reactive ketones (excluding diaryl/α,β-unsaturated/α-hetero) is 2. The van der Waals surface area contributed by atoms with Gasteiger partial charge in [-0.3, -0.25) is 14.4 Å². The first-order valence-electron chi connectivity index (χ1n) is 12.9. The second kappa shape index (κ2) is 8.79. The van der Waals surface area contributed by atoms with Gasteiger partial charge in [0.15, 0.2) is 11.6 Å². The molecule has 0 bridgehead atoms. The average molecular weight is 531 g/mol. The molecule has 0 aromatic heterocycles. The molecule has 4 aromatic rings. The lowest BCUT2D eigenvalue weighted by atomic mass is 9.64. The van der Waals surface area contributed by atoms with Crippen LogP contribution >= 0.6 is 11.6 Å². The first-order chi connectivity index (χ1) is 19.0. The van der Waals surface area contributed by atoms with Crippen LogP contribution in [0.15, 0.2) is 109 Å². The van der Waals surface area contributed by atoms with E-state index in [9.17, 15) is 14.4 Å². The lowest BCUT2D eigenvalue weighted by Gasteiger charge is -2.37. The predicted octanol–water partition coefficient (Wildman–Crippen LogP) is 6.20. The Bertz CT molecular complexity index is 1700. The number of para-hydroxylation sites is 2. The number of halogens is 1. The molecule has 1 saturated heterocycles. The summed E-state index contributed by atoms with van der Waals surface area (Å²) in [5, 5.41) is 3.33. The van der Waals surface area contributed by atoms with E-state index in [4.69, 9.17) is 11.6 Å². The number of nitrogens with one attached hydrogen (secondary N) is 1. The van der Waals surface area contributed by atoms with Crippen molar-refractivity contribution in [2.45, 2.75) is 17.5 Å². The highest BCUT2D eigenvalue weighted by Crippen LogP contribution is 2.58. The lowest BCUT2D eigenvalue weighted by Crippen LogP contribution is -2.51. The number of hydrogen-bond donors (Lipinski definition) is 1. The number of ketones is 2. The Hall–Kier alpha value is -4.48. The Kier molecular flexibility index (Phi) is 5.32. The molecule has 0 radical (unpaired) electrons. The van der Waals surface area contributed by atoms with E-state index in [0.29, 0.717) is 22.4 Å². The summed E-state index contributed by atoms with van der Waals surface area (Å²) in [6.45, 7) is 0. The molecule has 0 unspecified atom stereocenters. The van der Waals surface area contributed by atoms with Crippen LogP contribution in [0.3, 0.4) is 0 Å². The fourth-order valence-electron chi connectivity index (χ4n) is 6.72. The van der Waals surface area contributed by atoms with Crippen molar-refractivity contribution in [1.29, 1.82) is 0 Å². The van der Waals surface area contributed by atoms with Gasteiger partial charge < -0.3 is 10.2 Å². The van der Waals surface area contributed by atoms with Crippen LogP contribution in [-0.2, 0) is 10.2 Å². The van der Waals surface area contributed by atoms with E-state index in [-0.39, 0.29) is 22.5 Å². The summed E-state index contributed by atoms with van der Waals surface area (Å²) in [6.07, 6.45) is 3.95. The molecule has 39 heavy (non-hydrogen) atoms. The molecule has 6 heteroatoms. The second-order valence-electron chi connectivity index (χ2n) is 10.1. The third-order valence-electron chi connectivity index (χ3n) is 8.29. The third-order valence-corrected chi connectivity index (χ3v) is 8.62. The largest absolute Gasteiger partial charge is 0.352 e. The van der Waals surface area contributed by atoms with Crippen molar-refractivity contribution in [1.82, 2.24) is 0 Å². The van der Waals surface area contributed by atoms with Gasteiger partial charge in [-0.15, -0.1) is 0 Å². The molecule has 1 N–H and O–H groups in total. The number of hydrogen-bond acceptors (Lipinski definition) is 4. The van der Waals surface area contributed by atoms with E-state index in [1.165, 1.54) is 0 Å². The monoisotopic (exact) mass is 530 g/mol. The van der Waals surface area contributed by atoms with Crippen molar-refractivity contribution in [2.75, 3.05) is 10.2 Å². The van der Waals surface area contributed by atoms with Crippen molar-refractivity contribution in [2.24, 2.45) is 5.92 Å². The van der Waals surface area contributed by atoms with Crippen LogP contribution in [0.2, 0.25) is 5.02 Å². The van der Waals surface area contributed by atoms with E-state index in [2.05, 4.69) is 5.32 Å². The van der Waals surface area contributed by atoms with Crippen molar-refractivity contribution < 1.29 is 14.4 Å². The Morgan fingerprint density at radius 2 is 1.49 bits per heavy atom. The maximum Gasteiger partial charge on any atom is 0.238 e. The first kappa shape index (κ1) is 23.6. The van der Waals surface area contributed by atoms with Crippen LogP contribution in [0.25, 0.3) is 6.08 Å². The molecule has 5 nitrogen and oxygen atoms in total. The summed E-state index contributed by atoms with van der Waals surface area (Å²) >= 11 is 6.57. The number of nitrogens with zero attached hydrogens (tertiary/aromatic N) is 1. The summed E-state index contributed by atoms with van der Waals surface area (Å²) < 4.78 is 0. The van der Waals surface area contributed by atoms with Crippen molar-refractivity contribution in [3.8, 4) is 0 Å². The highest BCUT2D eigenvalue weighted by atomic mass is 35.5. The molecule has 4 aromatic carbocycles. The minimum Gasteiger partial charge on any atom is -0.352 e. The number of benzene rings is 4. The summed E-state index contributed by atoms with van der Waals surface area (Å²) in [7, 11) is 0. The molecule has 0 aliphatic carbocycles. The van der Waals surface area contributed by atoms with Gasteiger partial charge in [0.05, 0.1) is 17.0 Å². The van der Waals surface area contributed by atoms with Crippen molar-refractivity contribution >= 4 is 46.5 Å². The standard InChI is InChI=1S/C33H23ClN2O3/c34-24-15-7-5-13-22(24)31(38)28-29(30(37)21-11-2-1-3-12-21)36-26-17-9-4-10-20(26)18-19-27(36)33(28)23-14-6-8-16-25(23)35-32(33)39/h1-19,27-29H,(H,35,39)/t27-,28-,29+,33+/m1/s1. The Morgan fingerprint density at radius 3 is 2.31 bits per heavy atom. The minimum absolute atomic E-state index is 0.217. The average Bonchev–Trinajstić information content (AvgIpc) is 3.45. The number of carbonyl (C=O) groups excluding carboxylic acids is 3. The zero-order chi connectivity index (χ0) is 26.7. The van der Waals surface area contributed by atoms with Gasteiger partial charge in [-0.1, -0.05) is 103 Å². The molecular weight excluding hydrogens is 508 g/mol. The number of rotatable bonds is 4. The molecule has 3 aliphatic heterocycles. The molecule has 1 spiro atoms. The Labute approximate surface area is 230 Å². The first-order valence-corrected chi connectivity index (χ1v) is 13.3. The van der Waals surface area contributed by atoms with E-state index < -0.39 is 23.4 Å². The molecule has 3 heterocycles. The predicted molar refractivity (Wildman–Crippen MR) is 152 cm³/mol. The molecule has 1 fully saturated rings. The van der Waals surface area contributed by atoms with Gasteiger partial charge in [-0.2, -0.15) is 0 Å². The maximum absolute atomic E-state index is 14.7. The third kappa shape index (κ3) is 3.23. The molecule has 7 rings (SSSR count). The van der Waals surface area contributed by atoms with Gasteiger partial charge in [0.2, 0.25) is 5.91 Å². The van der Waals surface area contributed by atoms with Gasteiger partial charge in [0.1, 0.15) is 11.5 Å². The highest BCUT2D eigenvalue weighted by Gasteiger charge is 2.70. The van der Waals surface area contributed by atoms with Gasteiger partial charge in [0, 0.05) is 22.5 Å². The van der Waals surface area contributed by atoms with Crippen LogP contribution < -0.4 is 10.2 Å². The van der Waals surface area contributed by atoms with E-state index in [1.807, 2.05) is 83.8 Å². The number of amides is 1. The Balaban J connectivity index is 1.56. The summed E-state index contributed by atoms with van der Waals surface area (Å²) in [4.78, 5) is 45.5. The SMILES string of the molecule is O=C(c1ccccc1)[C@@H]1[C@H](C(=O)c2ccccc2Cl)[C@@]2(C(=O)Nc3ccccc32)[C@H]2C=Cc3ccccc3N12. The van der Waals surface area contributed by atoms with Crippen LogP contribution in [-0.4, -0.2) is 29.6 Å². The number of anilines is 2. The zero-order valence-electron chi connectivity index (χ0n) is 20.8. The van der Waals surface area contributed by atoms with Crippen LogP contribution in [0.5, 0.6) is 0 Å². The van der Waals surface area contributed by atoms with Gasteiger partial charge in [-0.05, 0) is 35.4 Å². The Morgan fingerprint density at radius 1 is 0.795 bits per heavy atom. The quantitative estimate of drug-likeness (QED) is 0.319. The van der Waals surface area contributed by atoms with E-state index in [1.54, 1.807) is 36.4 Å². The van der Waals surface area contributed by atoms with Gasteiger partial charge in [-0.25, -0.2) is 0 Å². The molecular formula is C33H23ClN2O3. The van der Waals surface area contributed by atoms with Crippen molar-refractivity contribution in [3.05, 3.63) is 136 Å². The smallest absolute Gasteiger partial charge is 0.238 e. The minimum atomic E-state index is -1.36. The normalized spacial score (nSPS) is 24.2. The summed E-state index contributed by atoms with van der Waals surface area (Å²) in [5.41, 5.74) is 2.52. The van der Waals surface area contributed by atoms with Crippen LogP contribution in [0, 0.1) is 5.92 Å². The highest BCUT2D eigenvalue weighted by molar-refractivity contribution is 6.34.